The number of nitrogens with zero attached hydrogens (tertiary/aromatic N) is 2. The largest absolute Gasteiger partial charge is 0.384 e. The molecule has 0 aliphatic carbocycles. The number of nitrogens with two attached hydrogens (primary N) is 1. The van der Waals surface area contributed by atoms with E-state index in [2.05, 4.69) is 10.3 Å². The summed E-state index contributed by atoms with van der Waals surface area (Å²) in [4.78, 5) is 14.4. The summed E-state index contributed by atoms with van der Waals surface area (Å²) in [6.45, 7) is 2.45. The number of nitrogen functional groups attached to an aromatic ring is 1. The monoisotopic (exact) mass is 258 g/mol. The van der Waals surface area contributed by atoms with Crippen LogP contribution >= 0.6 is 0 Å². The third kappa shape index (κ3) is 3.19. The van der Waals surface area contributed by atoms with Crippen molar-refractivity contribution < 1.29 is 4.92 Å². The van der Waals surface area contributed by atoms with Gasteiger partial charge in [0.1, 0.15) is 5.82 Å². The molecule has 2 aromatic rings. The Balaban J connectivity index is 2.19. The molecule has 19 heavy (non-hydrogen) atoms. The number of nitro groups is 1. The Bertz CT molecular complexity index is 613. The highest BCUT2D eigenvalue weighted by Gasteiger charge is 2.14. The van der Waals surface area contributed by atoms with Crippen LogP contribution in [0.15, 0.2) is 36.4 Å². The summed E-state index contributed by atoms with van der Waals surface area (Å²) in [5.74, 6) is 0.434. The van der Waals surface area contributed by atoms with Crippen LogP contribution in [0.4, 0.5) is 17.3 Å². The Hall–Kier alpha value is -2.63. The lowest BCUT2D eigenvalue weighted by atomic mass is 10.1. The van der Waals surface area contributed by atoms with Crippen molar-refractivity contribution in [1.82, 2.24) is 4.98 Å². The molecule has 0 atom stereocenters. The van der Waals surface area contributed by atoms with Crippen molar-refractivity contribution in [2.45, 2.75) is 13.5 Å². The predicted octanol–water partition coefficient (Wildman–Crippen LogP) is 2.49. The third-order valence-corrected chi connectivity index (χ3v) is 2.63. The van der Waals surface area contributed by atoms with Gasteiger partial charge in [0, 0.05) is 12.6 Å². The predicted molar refractivity (Wildman–Crippen MR) is 73.8 cm³/mol. The van der Waals surface area contributed by atoms with Gasteiger partial charge in [0.15, 0.2) is 0 Å². The number of benzene rings is 1. The van der Waals surface area contributed by atoms with E-state index in [9.17, 15) is 10.1 Å². The molecular weight excluding hydrogens is 244 g/mol. The zero-order valence-corrected chi connectivity index (χ0v) is 10.5. The normalized spacial score (nSPS) is 10.2. The standard InChI is InChI=1S/C13H14N4O2/c1-9-3-2-4-10(7-9)8-15-13-11(17(18)19)5-6-12(14)16-13/h2-7H,8H2,1H3,(H3,14,15,16). The number of aromatic nitrogens is 1. The van der Waals surface area contributed by atoms with Gasteiger partial charge in [0.05, 0.1) is 4.92 Å². The lowest BCUT2D eigenvalue weighted by molar-refractivity contribution is -0.384. The second-order valence-corrected chi connectivity index (χ2v) is 4.20. The average Bonchev–Trinajstić information content (AvgIpc) is 2.36. The Morgan fingerprint density at radius 1 is 1.37 bits per heavy atom. The molecule has 0 fully saturated rings. The van der Waals surface area contributed by atoms with E-state index in [1.165, 1.54) is 12.1 Å². The van der Waals surface area contributed by atoms with Gasteiger partial charge >= 0.3 is 5.69 Å². The molecule has 0 amide bonds. The molecule has 6 heteroatoms. The maximum atomic E-state index is 10.9. The van der Waals surface area contributed by atoms with Crippen LogP contribution in [0, 0.1) is 17.0 Å². The summed E-state index contributed by atoms with van der Waals surface area (Å²) in [6.07, 6.45) is 0. The molecule has 2 rings (SSSR count). The van der Waals surface area contributed by atoms with E-state index in [4.69, 9.17) is 5.73 Å². The molecular formula is C13H14N4O2. The molecule has 0 aliphatic heterocycles. The van der Waals surface area contributed by atoms with Gasteiger partial charge in [0.25, 0.3) is 0 Å². The van der Waals surface area contributed by atoms with E-state index in [1.807, 2.05) is 31.2 Å². The number of hydrogen-bond acceptors (Lipinski definition) is 5. The SMILES string of the molecule is Cc1cccc(CNc2nc(N)ccc2[N+](=O)[O-])c1. The molecule has 1 aromatic carbocycles. The third-order valence-electron chi connectivity index (χ3n) is 2.63. The number of pyridine rings is 1. The van der Waals surface area contributed by atoms with Crippen LogP contribution in [0.5, 0.6) is 0 Å². The average molecular weight is 258 g/mol. The van der Waals surface area contributed by atoms with Crippen LogP contribution in [0.2, 0.25) is 0 Å². The molecule has 98 valence electrons. The number of aryl methyl sites for hydroxylation is 1. The van der Waals surface area contributed by atoms with E-state index in [0.717, 1.165) is 11.1 Å². The molecule has 1 aromatic heterocycles. The molecule has 0 spiro atoms. The van der Waals surface area contributed by atoms with Crippen molar-refractivity contribution in [2.24, 2.45) is 0 Å². The lowest BCUT2D eigenvalue weighted by Gasteiger charge is -2.07. The van der Waals surface area contributed by atoms with Crippen molar-refractivity contribution in [3.63, 3.8) is 0 Å². The van der Waals surface area contributed by atoms with Crippen LogP contribution in [-0.2, 0) is 6.54 Å². The van der Waals surface area contributed by atoms with Gasteiger partial charge in [-0.3, -0.25) is 10.1 Å². The van der Waals surface area contributed by atoms with Gasteiger partial charge in [-0.25, -0.2) is 4.98 Å². The molecule has 0 unspecified atom stereocenters. The lowest BCUT2D eigenvalue weighted by Crippen LogP contribution is -2.06. The fourth-order valence-corrected chi connectivity index (χ4v) is 1.75. The smallest absolute Gasteiger partial charge is 0.311 e. The summed E-state index contributed by atoms with van der Waals surface area (Å²) in [6, 6.07) is 10.6. The Morgan fingerprint density at radius 3 is 2.84 bits per heavy atom. The first-order chi connectivity index (χ1) is 9.06. The molecule has 0 bridgehead atoms. The van der Waals surface area contributed by atoms with Gasteiger partial charge < -0.3 is 11.1 Å². The van der Waals surface area contributed by atoms with E-state index in [0.29, 0.717) is 6.54 Å². The number of hydrogen-bond donors (Lipinski definition) is 2. The number of anilines is 2. The fraction of sp³-hybridized carbons (Fsp3) is 0.154. The molecule has 0 saturated carbocycles. The van der Waals surface area contributed by atoms with E-state index < -0.39 is 4.92 Å². The van der Waals surface area contributed by atoms with Gasteiger partial charge in [-0.15, -0.1) is 0 Å². The minimum absolute atomic E-state index is 0.0816. The maximum Gasteiger partial charge on any atom is 0.311 e. The minimum Gasteiger partial charge on any atom is -0.384 e. The zero-order valence-electron chi connectivity index (χ0n) is 10.5. The highest BCUT2D eigenvalue weighted by atomic mass is 16.6. The van der Waals surface area contributed by atoms with Gasteiger partial charge in [-0.2, -0.15) is 0 Å². The number of rotatable bonds is 4. The molecule has 0 aliphatic rings. The molecule has 0 saturated heterocycles. The van der Waals surface area contributed by atoms with Crippen LogP contribution in [0.3, 0.4) is 0 Å². The molecule has 6 nitrogen and oxygen atoms in total. The second kappa shape index (κ2) is 5.34. The van der Waals surface area contributed by atoms with Crippen molar-refractivity contribution in [2.75, 3.05) is 11.1 Å². The zero-order chi connectivity index (χ0) is 13.8. The molecule has 1 heterocycles. The first-order valence-electron chi connectivity index (χ1n) is 5.76. The fourth-order valence-electron chi connectivity index (χ4n) is 1.75. The Labute approximate surface area is 110 Å². The summed E-state index contributed by atoms with van der Waals surface area (Å²) in [7, 11) is 0. The summed E-state index contributed by atoms with van der Waals surface area (Å²) < 4.78 is 0. The van der Waals surface area contributed by atoms with Crippen molar-refractivity contribution in [3.05, 3.63) is 57.6 Å². The molecule has 0 radical (unpaired) electrons. The highest BCUT2D eigenvalue weighted by Crippen LogP contribution is 2.23. The van der Waals surface area contributed by atoms with Crippen LogP contribution in [0.1, 0.15) is 11.1 Å². The van der Waals surface area contributed by atoms with Crippen LogP contribution < -0.4 is 11.1 Å². The highest BCUT2D eigenvalue weighted by molar-refractivity contribution is 5.59. The van der Waals surface area contributed by atoms with E-state index >= 15 is 0 Å². The summed E-state index contributed by atoms with van der Waals surface area (Å²) in [5, 5.41) is 13.8. The van der Waals surface area contributed by atoms with Gasteiger partial charge in [-0.1, -0.05) is 29.8 Å². The van der Waals surface area contributed by atoms with Crippen molar-refractivity contribution >= 4 is 17.3 Å². The first kappa shape index (κ1) is 12.8. The Morgan fingerprint density at radius 2 is 2.16 bits per heavy atom. The first-order valence-corrected chi connectivity index (χ1v) is 5.76. The van der Waals surface area contributed by atoms with E-state index in [1.54, 1.807) is 0 Å². The second-order valence-electron chi connectivity index (χ2n) is 4.20. The van der Waals surface area contributed by atoms with Gasteiger partial charge in [-0.05, 0) is 18.6 Å². The van der Waals surface area contributed by atoms with Crippen molar-refractivity contribution in [1.29, 1.82) is 0 Å². The van der Waals surface area contributed by atoms with E-state index in [-0.39, 0.29) is 17.3 Å². The van der Waals surface area contributed by atoms with Gasteiger partial charge in [0.2, 0.25) is 5.82 Å². The summed E-state index contributed by atoms with van der Waals surface area (Å²) in [5.41, 5.74) is 7.63. The molecule has 3 N–H and O–H groups in total. The maximum absolute atomic E-state index is 10.9. The van der Waals surface area contributed by atoms with Crippen LogP contribution in [-0.4, -0.2) is 9.91 Å². The van der Waals surface area contributed by atoms with Crippen LogP contribution in [0.25, 0.3) is 0 Å². The summed E-state index contributed by atoms with van der Waals surface area (Å²) >= 11 is 0. The topological polar surface area (TPSA) is 94.1 Å². The quantitative estimate of drug-likeness (QED) is 0.649. The number of nitrogens with one attached hydrogen (secondary N) is 1. The minimum atomic E-state index is -0.481. The Kier molecular flexibility index (Phi) is 3.61. The van der Waals surface area contributed by atoms with Crippen molar-refractivity contribution in [3.8, 4) is 0 Å².